The molecule has 1 saturated heterocycles. The Kier molecular flexibility index (Phi) is 7.33. The lowest BCUT2D eigenvalue weighted by atomic mass is 10.1. The van der Waals surface area contributed by atoms with Crippen LogP contribution in [0.25, 0.3) is 10.9 Å². The summed E-state index contributed by atoms with van der Waals surface area (Å²) in [6, 6.07) is 8.24. The van der Waals surface area contributed by atoms with Gasteiger partial charge in [0, 0.05) is 44.5 Å². The Balaban J connectivity index is 1.54. The molecule has 1 aliphatic heterocycles. The number of methoxy groups -OCH3 is 2. The second-order valence-corrected chi connectivity index (χ2v) is 8.40. The molecule has 0 spiro atoms. The maximum absolute atomic E-state index is 14.4. The molecule has 1 N–H and O–H groups in total. The number of fused-ring (bicyclic) bond motifs is 1. The van der Waals surface area contributed by atoms with Crippen molar-refractivity contribution in [2.24, 2.45) is 0 Å². The van der Waals surface area contributed by atoms with E-state index in [1.165, 1.54) is 19.5 Å². The molecule has 180 valence electrons. The third-order valence-electron chi connectivity index (χ3n) is 5.87. The second kappa shape index (κ2) is 10.4. The number of aromatic nitrogens is 2. The minimum atomic E-state index is -0.562. The first-order valence-electron chi connectivity index (χ1n) is 10.9. The molecular formula is C24H26ClFN4O4. The zero-order valence-corrected chi connectivity index (χ0v) is 19.9. The van der Waals surface area contributed by atoms with Gasteiger partial charge in [-0.15, -0.1) is 0 Å². The van der Waals surface area contributed by atoms with Crippen molar-refractivity contribution in [2.45, 2.75) is 32.0 Å². The number of carbonyl (C=O) groups is 1. The third kappa shape index (κ3) is 5.00. The molecule has 1 aromatic heterocycles. The van der Waals surface area contributed by atoms with Gasteiger partial charge in [0.15, 0.2) is 17.3 Å². The number of nitrogens with zero attached hydrogens (tertiary/aromatic N) is 3. The number of hydrogen-bond acceptors (Lipinski definition) is 7. The summed E-state index contributed by atoms with van der Waals surface area (Å²) in [6.07, 6.45) is 2.24. The van der Waals surface area contributed by atoms with Gasteiger partial charge in [0.2, 0.25) is 0 Å². The van der Waals surface area contributed by atoms with Gasteiger partial charge in [-0.05, 0) is 25.1 Å². The van der Waals surface area contributed by atoms with Crippen LogP contribution in [0.3, 0.4) is 0 Å². The number of ether oxygens (including phenoxy) is 3. The van der Waals surface area contributed by atoms with Crippen LogP contribution < -0.4 is 14.8 Å². The standard InChI is InChI=1S/C24H26ClFN4O4/c1-14(32-2)24(31)30-9-7-15(8-10-30)34-21-12-19-16(11-20(21)33-3)23(28-13-27-19)29-18-6-4-5-17(25)22(18)26/h4-6,11-15H,7-10H2,1-3H3,(H,27,28,29)/t14-/m0/s1. The van der Waals surface area contributed by atoms with E-state index in [2.05, 4.69) is 15.3 Å². The summed E-state index contributed by atoms with van der Waals surface area (Å²) in [5, 5.41) is 3.64. The van der Waals surface area contributed by atoms with Crippen LogP contribution in [0.1, 0.15) is 19.8 Å². The van der Waals surface area contributed by atoms with Crippen LogP contribution in [0.15, 0.2) is 36.7 Å². The Morgan fingerprint density at radius 3 is 2.68 bits per heavy atom. The Bertz CT molecular complexity index is 1190. The molecule has 1 aliphatic rings. The van der Waals surface area contributed by atoms with E-state index in [1.54, 1.807) is 43.2 Å². The number of halogens is 2. The molecule has 1 fully saturated rings. The monoisotopic (exact) mass is 488 g/mol. The lowest BCUT2D eigenvalue weighted by Gasteiger charge is -2.33. The summed E-state index contributed by atoms with van der Waals surface area (Å²) in [6.45, 7) is 2.93. The van der Waals surface area contributed by atoms with E-state index >= 15 is 0 Å². The number of rotatable bonds is 7. The maximum Gasteiger partial charge on any atom is 0.251 e. The molecular weight excluding hydrogens is 463 g/mol. The fourth-order valence-electron chi connectivity index (χ4n) is 3.87. The molecule has 4 rings (SSSR count). The molecule has 0 radical (unpaired) electrons. The Morgan fingerprint density at radius 1 is 1.21 bits per heavy atom. The van der Waals surface area contributed by atoms with E-state index in [-0.39, 0.29) is 22.7 Å². The molecule has 1 amide bonds. The Hall–Kier alpha value is -3.17. The van der Waals surface area contributed by atoms with E-state index in [1.807, 2.05) is 0 Å². The molecule has 34 heavy (non-hydrogen) atoms. The third-order valence-corrected chi connectivity index (χ3v) is 6.17. The first-order valence-corrected chi connectivity index (χ1v) is 11.3. The first kappa shape index (κ1) is 24.0. The van der Waals surface area contributed by atoms with E-state index < -0.39 is 11.9 Å². The molecule has 8 nitrogen and oxygen atoms in total. The van der Waals surface area contributed by atoms with Crippen LogP contribution in [0.2, 0.25) is 5.02 Å². The number of anilines is 2. The Morgan fingerprint density at radius 2 is 1.97 bits per heavy atom. The van der Waals surface area contributed by atoms with Crippen molar-refractivity contribution in [1.82, 2.24) is 14.9 Å². The van der Waals surface area contributed by atoms with E-state index in [4.69, 9.17) is 25.8 Å². The minimum absolute atomic E-state index is 0.0149. The molecule has 3 aromatic rings. The smallest absolute Gasteiger partial charge is 0.251 e. The van der Waals surface area contributed by atoms with Crippen molar-refractivity contribution in [3.63, 3.8) is 0 Å². The number of amides is 1. The topological polar surface area (TPSA) is 85.8 Å². The van der Waals surface area contributed by atoms with Crippen LogP contribution in [0.4, 0.5) is 15.9 Å². The van der Waals surface area contributed by atoms with Crippen LogP contribution in [-0.4, -0.2) is 60.3 Å². The zero-order chi connectivity index (χ0) is 24.2. The van der Waals surface area contributed by atoms with Crippen LogP contribution in [-0.2, 0) is 9.53 Å². The van der Waals surface area contributed by atoms with Crippen molar-refractivity contribution in [3.8, 4) is 11.5 Å². The van der Waals surface area contributed by atoms with E-state index in [0.29, 0.717) is 54.2 Å². The van der Waals surface area contributed by atoms with Gasteiger partial charge >= 0.3 is 0 Å². The molecule has 2 heterocycles. The highest BCUT2D eigenvalue weighted by atomic mass is 35.5. The minimum Gasteiger partial charge on any atom is -0.493 e. The number of likely N-dealkylation sites (tertiary alicyclic amines) is 1. The van der Waals surface area contributed by atoms with Gasteiger partial charge in [-0.2, -0.15) is 0 Å². The average molecular weight is 489 g/mol. The molecule has 10 heteroatoms. The van der Waals surface area contributed by atoms with Gasteiger partial charge in [-0.1, -0.05) is 17.7 Å². The highest BCUT2D eigenvalue weighted by Crippen LogP contribution is 2.36. The predicted molar refractivity (Wildman–Crippen MR) is 127 cm³/mol. The summed E-state index contributed by atoms with van der Waals surface area (Å²) in [4.78, 5) is 22.7. The van der Waals surface area contributed by atoms with Gasteiger partial charge in [-0.3, -0.25) is 4.79 Å². The highest BCUT2D eigenvalue weighted by molar-refractivity contribution is 6.31. The molecule has 2 aromatic carbocycles. The van der Waals surface area contributed by atoms with E-state index in [0.717, 1.165) is 0 Å². The van der Waals surface area contributed by atoms with Crippen LogP contribution in [0, 0.1) is 5.82 Å². The van der Waals surface area contributed by atoms with Gasteiger partial charge in [0.05, 0.1) is 23.3 Å². The normalized spacial score (nSPS) is 15.3. The molecule has 0 unspecified atom stereocenters. The van der Waals surface area contributed by atoms with Crippen molar-refractivity contribution < 1.29 is 23.4 Å². The number of benzene rings is 2. The summed E-state index contributed by atoms with van der Waals surface area (Å²) in [5.74, 6) is 0.881. The van der Waals surface area contributed by atoms with Crippen molar-refractivity contribution in [2.75, 3.05) is 32.6 Å². The quantitative estimate of drug-likeness (QED) is 0.521. The fourth-order valence-corrected chi connectivity index (χ4v) is 4.05. The van der Waals surface area contributed by atoms with Gasteiger partial charge < -0.3 is 24.4 Å². The molecule has 1 atom stereocenters. The SMILES string of the molecule is COc1cc2c(Nc3cccc(Cl)c3F)ncnc2cc1OC1CCN(C(=O)[C@H](C)OC)CC1. The van der Waals surface area contributed by atoms with E-state index in [9.17, 15) is 9.18 Å². The summed E-state index contributed by atoms with van der Waals surface area (Å²) in [5.41, 5.74) is 0.813. The lowest BCUT2D eigenvalue weighted by molar-refractivity contribution is -0.142. The average Bonchev–Trinajstić information content (AvgIpc) is 2.86. The number of nitrogens with one attached hydrogen (secondary N) is 1. The zero-order valence-electron chi connectivity index (χ0n) is 19.2. The van der Waals surface area contributed by atoms with Gasteiger partial charge in [-0.25, -0.2) is 14.4 Å². The lowest BCUT2D eigenvalue weighted by Crippen LogP contribution is -2.45. The second-order valence-electron chi connectivity index (χ2n) is 7.99. The number of hydrogen-bond donors (Lipinski definition) is 1. The number of carbonyl (C=O) groups excluding carboxylic acids is 1. The van der Waals surface area contributed by atoms with Crippen LogP contribution in [0.5, 0.6) is 11.5 Å². The highest BCUT2D eigenvalue weighted by Gasteiger charge is 2.27. The first-order chi connectivity index (χ1) is 16.4. The van der Waals surface area contributed by atoms with Crippen molar-refractivity contribution >= 4 is 39.9 Å². The Labute approximate surface area is 202 Å². The molecule has 0 saturated carbocycles. The van der Waals surface area contributed by atoms with Gasteiger partial charge in [0.25, 0.3) is 5.91 Å². The molecule has 0 bridgehead atoms. The van der Waals surface area contributed by atoms with Crippen LogP contribution >= 0.6 is 11.6 Å². The fraction of sp³-hybridized carbons (Fsp3) is 0.375. The van der Waals surface area contributed by atoms with Crippen molar-refractivity contribution in [3.05, 3.63) is 47.5 Å². The summed E-state index contributed by atoms with van der Waals surface area (Å²) < 4.78 is 31.3. The maximum atomic E-state index is 14.4. The predicted octanol–water partition coefficient (Wildman–Crippen LogP) is 4.58. The number of piperidine rings is 1. The van der Waals surface area contributed by atoms with Crippen molar-refractivity contribution in [1.29, 1.82) is 0 Å². The molecule has 0 aliphatic carbocycles. The summed E-state index contributed by atoms with van der Waals surface area (Å²) in [7, 11) is 3.08. The largest absolute Gasteiger partial charge is 0.493 e. The van der Waals surface area contributed by atoms with Gasteiger partial charge in [0.1, 0.15) is 24.4 Å². The summed E-state index contributed by atoms with van der Waals surface area (Å²) >= 11 is 5.90.